The van der Waals surface area contributed by atoms with E-state index in [0.717, 1.165) is 141 Å². The van der Waals surface area contributed by atoms with Crippen LogP contribution in [0, 0.1) is 79.1 Å². The van der Waals surface area contributed by atoms with E-state index in [0.29, 0.717) is 79.2 Å². The standard InChI is InChI=1S/C20H25NO4.C19H25NO3.C14H15NO3.C14H28O3Si.C12H11NO2.C7H10O2.Al.Li.4H/c1-13-7-9-15(10-8-13)19-21-18(14(2)25-19)12-24-17-6-4-5-16(11-17)20(22)23-3;1-13-6-8-16(9-7-13)19-20-18(14(2)23-19)12-22-17-5-3-4-15(10-17)11-21;1-4-17-14(16)12-10(3)18-13(15-12)11-7-5-9(2)6-8-11;1-14(2,3)18(5,6)17-12-9-7-8-11(10-12)13(15)16-4;1-8-3-5-10(6-4-8)12-13-11(7-14)9(2)15-12;8-7-5-2-1-3-6(4-5)9-7;;;;;;/h7-10,16-17H,4-6,11-12H2,1-3H3;6-9,15,17,21H,3-5,10-12H2,1-2H3;5-8H,4H2,1-3H3;11-12H,7-10H2,1-6H3;3-7H,1-2H3;5-6H,1-4H2;;;;;;/q;;;;;;;+1;;;;-1. The van der Waals surface area contributed by atoms with Crippen molar-refractivity contribution in [2.45, 2.75) is 242 Å². The number of fused-ring (bicyclic) bond motifs is 2. The molecule has 110 heavy (non-hydrogen) atoms. The van der Waals surface area contributed by atoms with Crippen molar-refractivity contribution >= 4 is 55.8 Å². The Morgan fingerprint density at radius 1 is 0.536 bits per heavy atom. The second-order valence-electron chi connectivity index (χ2n) is 30.5. The van der Waals surface area contributed by atoms with E-state index in [-0.39, 0.29) is 115 Å². The van der Waals surface area contributed by atoms with Gasteiger partial charge in [0.25, 0.3) is 0 Å². The number of aliphatic hydroxyl groups is 1. The predicted molar refractivity (Wildman–Crippen MR) is 426 cm³/mol. The SMILES string of the molecule is CCOC(=O)c1nc(-c2ccc(C)cc2)oc1C.COC(=O)C1CCCC(OCc2nc(-c3ccc(C)cc3)oc2C)C1.COC(=O)C1CCCC(O[Si](C)(C)C(C)(C)C)C1.Cc1ccc(-c2nc(C=O)c(C)o2)cc1.Cc1ccc(-c2nc(COC3CCCC(CO)C3)c(C)o2)cc1.O=C1OC2CCCC1C2.[AlH3].[H-].[Li+]. The average molecular weight is 1540 g/mol. The maximum absolute atomic E-state index is 11.7. The van der Waals surface area contributed by atoms with Crippen LogP contribution in [-0.2, 0) is 60.4 Å². The number of oxazole rings is 4. The summed E-state index contributed by atoms with van der Waals surface area (Å²) in [5.74, 6) is 4.87. The Balaban J connectivity index is 0.000000242. The number of hydrogen-bond acceptors (Lipinski definition) is 21. The third-order valence-electron chi connectivity index (χ3n) is 20.9. The zero-order valence-corrected chi connectivity index (χ0v) is 68.3. The number of benzene rings is 4. The van der Waals surface area contributed by atoms with E-state index < -0.39 is 14.3 Å². The maximum Gasteiger partial charge on any atom is 1.00 e. The first-order valence-corrected chi connectivity index (χ1v) is 41.1. The number of ether oxygens (including phenoxy) is 6. The van der Waals surface area contributed by atoms with Gasteiger partial charge in [-0.3, -0.25) is 19.2 Å². The number of methoxy groups -OCH3 is 2. The molecule has 4 saturated carbocycles. The Morgan fingerprint density at radius 3 is 1.35 bits per heavy atom. The van der Waals surface area contributed by atoms with Crippen molar-refractivity contribution in [3.63, 3.8) is 0 Å². The van der Waals surface area contributed by atoms with Crippen LogP contribution in [0.3, 0.4) is 0 Å². The van der Waals surface area contributed by atoms with E-state index in [1.807, 2.05) is 113 Å². The van der Waals surface area contributed by atoms with Crippen LogP contribution in [0.4, 0.5) is 0 Å². The van der Waals surface area contributed by atoms with Crippen LogP contribution in [0.1, 0.15) is 210 Å². The largest absolute Gasteiger partial charge is 1.00 e. The summed E-state index contributed by atoms with van der Waals surface area (Å²) >= 11 is 0. The summed E-state index contributed by atoms with van der Waals surface area (Å²) in [6.45, 7) is 29.9. The molecule has 5 fully saturated rings. The summed E-state index contributed by atoms with van der Waals surface area (Å²) in [6.07, 6.45) is 17.6. The molecule has 8 aromatic rings. The van der Waals surface area contributed by atoms with Gasteiger partial charge >= 0.3 is 42.7 Å². The zero-order chi connectivity index (χ0) is 78.2. The Hall–Kier alpha value is -7.54. The first-order chi connectivity index (χ1) is 51.6. The molecule has 21 nitrogen and oxygen atoms in total. The van der Waals surface area contributed by atoms with Crippen molar-refractivity contribution < 1.29 is 99.9 Å². The molecule has 592 valence electrons. The van der Waals surface area contributed by atoms with Crippen LogP contribution in [-0.4, -0.2) is 133 Å². The summed E-state index contributed by atoms with van der Waals surface area (Å²) < 4.78 is 60.6. The molecule has 0 amide bonds. The van der Waals surface area contributed by atoms with Crippen LogP contribution >= 0.6 is 0 Å². The molecule has 1 aliphatic heterocycles. The van der Waals surface area contributed by atoms with E-state index in [4.69, 9.17) is 50.5 Å². The molecule has 0 radical (unpaired) electrons. The molecule has 1 saturated heterocycles. The van der Waals surface area contributed by atoms with Crippen LogP contribution in [0.25, 0.3) is 45.8 Å². The molecule has 8 atom stereocenters. The van der Waals surface area contributed by atoms with Crippen molar-refractivity contribution in [1.29, 1.82) is 0 Å². The van der Waals surface area contributed by atoms with E-state index in [1.54, 1.807) is 20.8 Å². The Labute approximate surface area is 675 Å². The summed E-state index contributed by atoms with van der Waals surface area (Å²) in [6, 6.07) is 31.8. The van der Waals surface area contributed by atoms with Crippen molar-refractivity contribution in [3.05, 3.63) is 165 Å². The second-order valence-corrected chi connectivity index (χ2v) is 35.3. The van der Waals surface area contributed by atoms with Crippen LogP contribution in [0.15, 0.2) is 115 Å². The number of aldehydes is 1. The van der Waals surface area contributed by atoms with Crippen LogP contribution < -0.4 is 18.9 Å². The third kappa shape index (κ3) is 27.1. The molecule has 8 unspecified atom stereocenters. The van der Waals surface area contributed by atoms with Gasteiger partial charge in [-0.25, -0.2) is 24.7 Å². The normalized spacial score (nSPS) is 19.8. The third-order valence-corrected chi connectivity index (χ3v) is 25.5. The topological polar surface area (TPSA) is 274 Å². The van der Waals surface area contributed by atoms with E-state index in [1.165, 1.54) is 37.3 Å². The molecular formula is C86H118AlLiN4O17Si. The molecule has 5 heterocycles. The number of aliphatic hydroxyl groups excluding tert-OH is 1. The van der Waals surface area contributed by atoms with Gasteiger partial charge in [0.1, 0.15) is 46.2 Å². The van der Waals surface area contributed by atoms with Gasteiger partial charge in [-0.05, 0) is 218 Å². The number of nitrogens with zero attached hydrogens (tertiary/aromatic N) is 4. The monoisotopic (exact) mass is 1540 g/mol. The van der Waals surface area contributed by atoms with Gasteiger partial charge in [-0.15, -0.1) is 0 Å². The fourth-order valence-electron chi connectivity index (χ4n) is 13.3. The number of esters is 4. The predicted octanol–water partition coefficient (Wildman–Crippen LogP) is 14.9. The van der Waals surface area contributed by atoms with E-state index in [2.05, 4.69) is 79.8 Å². The first-order valence-electron chi connectivity index (χ1n) is 38.2. The molecular weight excluding hydrogens is 1420 g/mol. The summed E-state index contributed by atoms with van der Waals surface area (Å²) in [4.78, 5) is 73.8. The smallest absolute Gasteiger partial charge is 1.00 e. The van der Waals surface area contributed by atoms with Gasteiger partial charge in [0.2, 0.25) is 23.6 Å². The minimum Gasteiger partial charge on any atom is -1.00 e. The summed E-state index contributed by atoms with van der Waals surface area (Å²) in [7, 11) is 1.20. The van der Waals surface area contributed by atoms with Gasteiger partial charge < -0.3 is 57.0 Å². The maximum atomic E-state index is 11.7. The molecule has 5 aliphatic rings. The number of rotatable bonds is 18. The quantitative estimate of drug-likeness (QED) is 0.0362. The first kappa shape index (κ1) is 91.3. The van der Waals surface area contributed by atoms with Gasteiger partial charge in [-0.2, -0.15) is 0 Å². The Kier molecular flexibility index (Phi) is 36.6. The van der Waals surface area contributed by atoms with E-state index >= 15 is 0 Å². The number of aryl methyl sites for hydroxylation is 8. The van der Waals surface area contributed by atoms with Gasteiger partial charge in [0.05, 0.1) is 64.0 Å². The number of hydrogen-bond donors (Lipinski definition) is 1. The molecule has 2 bridgehead atoms. The summed E-state index contributed by atoms with van der Waals surface area (Å²) in [5.41, 5.74) is 10.7. The number of aromatic nitrogens is 4. The molecule has 4 aromatic heterocycles. The van der Waals surface area contributed by atoms with Crippen molar-refractivity contribution in [2.75, 3.05) is 27.4 Å². The number of carbonyl (C=O) groups excluding carboxylic acids is 5. The van der Waals surface area contributed by atoms with Crippen LogP contribution in [0.5, 0.6) is 0 Å². The number of carbonyl (C=O) groups is 5. The molecule has 24 heteroatoms. The van der Waals surface area contributed by atoms with Gasteiger partial charge in [0.15, 0.2) is 37.7 Å². The molecule has 4 aliphatic carbocycles. The van der Waals surface area contributed by atoms with Gasteiger partial charge in [0, 0.05) is 35.0 Å². The van der Waals surface area contributed by atoms with Crippen molar-refractivity contribution in [3.8, 4) is 45.8 Å². The Morgan fingerprint density at radius 2 is 0.936 bits per heavy atom. The molecule has 4 aromatic carbocycles. The van der Waals surface area contributed by atoms with Crippen molar-refractivity contribution in [2.24, 2.45) is 23.7 Å². The average Bonchev–Trinajstić information content (AvgIpc) is 1.55. The molecule has 13 rings (SSSR count). The van der Waals surface area contributed by atoms with Gasteiger partial charge in [-0.1, -0.05) is 111 Å². The second kappa shape index (κ2) is 44.0. The fourth-order valence-corrected chi connectivity index (χ4v) is 14.7. The molecule has 0 spiro atoms. The van der Waals surface area contributed by atoms with E-state index in [9.17, 15) is 29.1 Å². The van der Waals surface area contributed by atoms with Crippen LogP contribution in [0.2, 0.25) is 18.1 Å². The summed E-state index contributed by atoms with van der Waals surface area (Å²) in [5, 5.41) is 9.53. The molecule has 1 N–H and O–H groups in total. The zero-order valence-electron chi connectivity index (χ0n) is 68.3. The minimum absolute atomic E-state index is 0. The van der Waals surface area contributed by atoms with Crippen molar-refractivity contribution in [1.82, 2.24) is 19.9 Å². The Bertz CT molecular complexity index is 4170. The fraction of sp³-hybridized carbons (Fsp3) is 0.523. The minimum atomic E-state index is -1.72.